The molecule has 2 N–H and O–H groups in total. The van der Waals surface area contributed by atoms with Gasteiger partial charge in [-0.2, -0.15) is 0 Å². The molecule has 0 bridgehead atoms. The molecule has 0 amide bonds. The monoisotopic (exact) mass is 375 g/mol. The highest BCUT2D eigenvalue weighted by molar-refractivity contribution is 5.85. The first-order valence-corrected chi connectivity index (χ1v) is 7.44. The summed E-state index contributed by atoms with van der Waals surface area (Å²) in [5, 5.41) is 0. The van der Waals surface area contributed by atoms with E-state index in [9.17, 15) is 13.2 Å². The molecule has 0 heterocycles. The fraction of sp³-hybridized carbons (Fsp3) is 0.333. The third-order valence-corrected chi connectivity index (χ3v) is 3.14. The minimum Gasteiger partial charge on any atom is -0.488 e. The standard InChI is InChI=1S/C18H20F3NO2.ClH/c1-17(2,3)23-14-8-4-12(5-9-14)16(22)13-6-10-15(11-7-13)24-18(19,20)21;/h4-11,16H,22H2,1-3H3;1H/t16-;/m1./s1. The van der Waals surface area contributed by atoms with Crippen molar-refractivity contribution in [3.05, 3.63) is 59.7 Å². The van der Waals surface area contributed by atoms with E-state index in [1.54, 1.807) is 0 Å². The average molecular weight is 376 g/mol. The van der Waals surface area contributed by atoms with E-state index in [0.717, 1.165) is 11.3 Å². The van der Waals surface area contributed by atoms with Gasteiger partial charge < -0.3 is 15.2 Å². The van der Waals surface area contributed by atoms with E-state index in [2.05, 4.69) is 4.74 Å². The quantitative estimate of drug-likeness (QED) is 0.795. The summed E-state index contributed by atoms with van der Waals surface area (Å²) in [5.41, 5.74) is 7.40. The van der Waals surface area contributed by atoms with Gasteiger partial charge in [-0.1, -0.05) is 24.3 Å². The zero-order valence-electron chi connectivity index (χ0n) is 14.1. The van der Waals surface area contributed by atoms with Gasteiger partial charge in [0.1, 0.15) is 17.1 Å². The second kappa shape index (κ2) is 7.97. The minimum absolute atomic E-state index is 0. The topological polar surface area (TPSA) is 44.5 Å². The molecule has 2 aromatic rings. The van der Waals surface area contributed by atoms with Gasteiger partial charge in [-0.25, -0.2) is 0 Å². The normalized spacial score (nSPS) is 12.9. The number of benzene rings is 2. The van der Waals surface area contributed by atoms with Crippen LogP contribution in [0.5, 0.6) is 11.5 Å². The van der Waals surface area contributed by atoms with Gasteiger partial charge in [-0.15, -0.1) is 25.6 Å². The molecule has 0 radical (unpaired) electrons. The summed E-state index contributed by atoms with van der Waals surface area (Å²) in [5.74, 6) is 0.458. The van der Waals surface area contributed by atoms with Crippen molar-refractivity contribution in [2.75, 3.05) is 0 Å². The molecule has 3 nitrogen and oxygen atoms in total. The fourth-order valence-corrected chi connectivity index (χ4v) is 2.17. The molecule has 1 atom stereocenters. The number of hydrogen-bond acceptors (Lipinski definition) is 3. The molecule has 7 heteroatoms. The van der Waals surface area contributed by atoms with Crippen LogP contribution >= 0.6 is 12.4 Å². The van der Waals surface area contributed by atoms with E-state index in [1.165, 1.54) is 24.3 Å². The Bertz CT molecular complexity index is 605. The Hall–Kier alpha value is -1.92. The van der Waals surface area contributed by atoms with E-state index in [-0.39, 0.29) is 23.8 Å². The maximum Gasteiger partial charge on any atom is 0.573 e. The van der Waals surface area contributed by atoms with Crippen LogP contribution in [0.1, 0.15) is 37.9 Å². The van der Waals surface area contributed by atoms with E-state index >= 15 is 0 Å². The molecular weight excluding hydrogens is 355 g/mol. The third kappa shape index (κ3) is 6.84. The van der Waals surface area contributed by atoms with Crippen molar-refractivity contribution < 1.29 is 22.6 Å². The third-order valence-electron chi connectivity index (χ3n) is 3.14. The molecule has 0 aliphatic carbocycles. The summed E-state index contributed by atoms with van der Waals surface area (Å²) >= 11 is 0. The first kappa shape index (κ1) is 21.1. The van der Waals surface area contributed by atoms with Crippen LogP contribution in [-0.4, -0.2) is 12.0 Å². The highest BCUT2D eigenvalue weighted by Crippen LogP contribution is 2.27. The number of halogens is 4. The van der Waals surface area contributed by atoms with Crippen molar-refractivity contribution in [3.8, 4) is 11.5 Å². The minimum atomic E-state index is -4.70. The molecule has 0 aliphatic heterocycles. The predicted molar refractivity (Wildman–Crippen MR) is 93.2 cm³/mol. The Balaban J connectivity index is 0.00000312. The van der Waals surface area contributed by atoms with Crippen LogP contribution in [-0.2, 0) is 0 Å². The molecule has 0 fully saturated rings. The number of alkyl halides is 3. The first-order chi connectivity index (χ1) is 11.0. The maximum absolute atomic E-state index is 12.2. The van der Waals surface area contributed by atoms with Gasteiger partial charge in [0, 0.05) is 0 Å². The van der Waals surface area contributed by atoms with E-state index < -0.39 is 12.4 Å². The second-order valence-electron chi connectivity index (χ2n) is 6.38. The number of nitrogens with two attached hydrogens (primary N) is 1. The number of rotatable bonds is 4. The molecule has 0 aromatic heterocycles. The van der Waals surface area contributed by atoms with Crippen molar-refractivity contribution in [2.45, 2.75) is 38.8 Å². The Labute approximate surface area is 151 Å². The Kier molecular flexibility index (Phi) is 6.74. The zero-order chi connectivity index (χ0) is 18.0. The van der Waals surface area contributed by atoms with Gasteiger partial charge in [0.15, 0.2) is 0 Å². The van der Waals surface area contributed by atoms with Crippen molar-refractivity contribution in [1.29, 1.82) is 0 Å². The summed E-state index contributed by atoms with van der Waals surface area (Å²) < 4.78 is 46.1. The molecule has 0 aliphatic rings. The second-order valence-corrected chi connectivity index (χ2v) is 6.38. The first-order valence-electron chi connectivity index (χ1n) is 7.44. The molecule has 0 unspecified atom stereocenters. The molecule has 0 saturated carbocycles. The molecule has 2 aromatic carbocycles. The van der Waals surface area contributed by atoms with Crippen LogP contribution in [0.25, 0.3) is 0 Å². The molecule has 2 rings (SSSR count). The zero-order valence-corrected chi connectivity index (χ0v) is 14.9. The largest absolute Gasteiger partial charge is 0.573 e. The summed E-state index contributed by atoms with van der Waals surface area (Å²) in [6.07, 6.45) is -4.70. The summed E-state index contributed by atoms with van der Waals surface area (Å²) in [4.78, 5) is 0. The number of hydrogen-bond donors (Lipinski definition) is 1. The van der Waals surface area contributed by atoms with E-state index in [4.69, 9.17) is 10.5 Å². The lowest BCUT2D eigenvalue weighted by molar-refractivity contribution is -0.274. The van der Waals surface area contributed by atoms with Gasteiger partial charge >= 0.3 is 6.36 Å². The SMILES string of the molecule is CC(C)(C)Oc1ccc([C@@H](N)c2ccc(OC(F)(F)F)cc2)cc1.Cl. The van der Waals surface area contributed by atoms with Gasteiger partial charge in [0.25, 0.3) is 0 Å². The summed E-state index contributed by atoms with van der Waals surface area (Å²) in [6, 6.07) is 12.4. The van der Waals surface area contributed by atoms with E-state index in [0.29, 0.717) is 5.56 Å². The van der Waals surface area contributed by atoms with Gasteiger partial charge in [0.2, 0.25) is 0 Å². The van der Waals surface area contributed by atoms with Crippen LogP contribution in [0.3, 0.4) is 0 Å². The molecular formula is C18H21ClF3NO2. The van der Waals surface area contributed by atoms with Crippen molar-refractivity contribution in [2.24, 2.45) is 5.73 Å². The molecule has 138 valence electrons. The van der Waals surface area contributed by atoms with Crippen LogP contribution in [0, 0.1) is 0 Å². The molecule has 0 saturated heterocycles. The summed E-state index contributed by atoms with van der Waals surface area (Å²) in [7, 11) is 0. The van der Waals surface area contributed by atoms with Crippen molar-refractivity contribution >= 4 is 12.4 Å². The van der Waals surface area contributed by atoms with Crippen LogP contribution in [0.4, 0.5) is 13.2 Å². The van der Waals surface area contributed by atoms with Crippen molar-refractivity contribution in [3.63, 3.8) is 0 Å². The molecule has 0 spiro atoms. The predicted octanol–water partition coefficient (Wildman–Crippen LogP) is 5.23. The maximum atomic E-state index is 12.2. The van der Waals surface area contributed by atoms with Gasteiger partial charge in [0.05, 0.1) is 6.04 Å². The number of ether oxygens (including phenoxy) is 2. The molecule has 25 heavy (non-hydrogen) atoms. The lowest BCUT2D eigenvalue weighted by Crippen LogP contribution is -2.23. The van der Waals surface area contributed by atoms with Gasteiger partial charge in [-0.3, -0.25) is 0 Å². The lowest BCUT2D eigenvalue weighted by atomic mass is 9.99. The van der Waals surface area contributed by atoms with Crippen LogP contribution < -0.4 is 15.2 Å². The smallest absolute Gasteiger partial charge is 0.488 e. The summed E-state index contributed by atoms with van der Waals surface area (Å²) in [6.45, 7) is 5.87. The average Bonchev–Trinajstić information content (AvgIpc) is 2.45. The fourth-order valence-electron chi connectivity index (χ4n) is 2.17. The van der Waals surface area contributed by atoms with E-state index in [1.807, 2.05) is 45.0 Å². The Morgan fingerprint density at radius 1 is 0.760 bits per heavy atom. The van der Waals surface area contributed by atoms with Gasteiger partial charge in [-0.05, 0) is 56.2 Å². The van der Waals surface area contributed by atoms with Crippen LogP contribution in [0.2, 0.25) is 0 Å². The Morgan fingerprint density at radius 3 is 1.44 bits per heavy atom. The lowest BCUT2D eigenvalue weighted by Gasteiger charge is -2.21. The van der Waals surface area contributed by atoms with Crippen molar-refractivity contribution in [1.82, 2.24) is 0 Å². The van der Waals surface area contributed by atoms with Crippen LogP contribution in [0.15, 0.2) is 48.5 Å². The Morgan fingerprint density at radius 2 is 1.12 bits per heavy atom. The highest BCUT2D eigenvalue weighted by atomic mass is 35.5. The highest BCUT2D eigenvalue weighted by Gasteiger charge is 2.31.